The third kappa shape index (κ3) is 4.24. The van der Waals surface area contributed by atoms with Crippen LogP contribution in [0.15, 0.2) is 24.3 Å². The molecule has 2 unspecified atom stereocenters. The SMILES string of the molecule is C=C(C[C@H]1O[C@@H]2OC3(C)CC[C@H]4[C@H](C)CC[C@@H]([C@H]1C)[C@@]24OO3)C(=C)C[C@H]1O[C@@H]2OC3(C)CC[C@H]4[C@H](C)CC[C@@H]([C@H]1C)[C@@]24OO3. The lowest BCUT2D eigenvalue weighted by Crippen LogP contribution is -2.70. The highest BCUT2D eigenvalue weighted by Crippen LogP contribution is 2.62. The first kappa shape index (κ1) is 30.5. The van der Waals surface area contributed by atoms with Gasteiger partial charge in [0.1, 0.15) is 0 Å². The van der Waals surface area contributed by atoms with Crippen molar-refractivity contribution in [1.29, 1.82) is 0 Å². The second kappa shape index (κ2) is 10.3. The lowest BCUT2D eigenvalue weighted by Gasteiger charge is -2.61. The molecule has 0 amide bonds. The summed E-state index contributed by atoms with van der Waals surface area (Å²) in [6, 6.07) is 0. The summed E-state index contributed by atoms with van der Waals surface area (Å²) in [5.41, 5.74) is 0.974. The molecule has 4 bridgehead atoms. The van der Waals surface area contributed by atoms with Crippen LogP contribution in [-0.4, -0.2) is 47.6 Å². The number of rotatable bonds is 5. The van der Waals surface area contributed by atoms with Crippen molar-refractivity contribution in [3.8, 4) is 0 Å². The summed E-state index contributed by atoms with van der Waals surface area (Å²) in [7, 11) is 0. The Kier molecular flexibility index (Phi) is 7.16. The van der Waals surface area contributed by atoms with Crippen LogP contribution in [0.1, 0.15) is 106 Å². The minimum Gasteiger partial charge on any atom is -0.346 e. The van der Waals surface area contributed by atoms with Gasteiger partial charge in [0.05, 0.1) is 12.2 Å². The molecule has 8 aliphatic heterocycles. The highest BCUT2D eigenvalue weighted by Gasteiger charge is 2.70. The van der Waals surface area contributed by atoms with Gasteiger partial charge in [-0.2, -0.15) is 0 Å². The van der Waals surface area contributed by atoms with E-state index < -0.39 is 35.4 Å². The van der Waals surface area contributed by atoms with E-state index >= 15 is 0 Å². The average molecular weight is 615 g/mol. The summed E-state index contributed by atoms with van der Waals surface area (Å²) in [5, 5.41) is 0. The van der Waals surface area contributed by atoms with E-state index in [0.29, 0.717) is 48.3 Å². The van der Waals surface area contributed by atoms with Gasteiger partial charge in [-0.15, -0.1) is 0 Å². The van der Waals surface area contributed by atoms with E-state index in [-0.39, 0.29) is 24.0 Å². The highest BCUT2D eigenvalue weighted by molar-refractivity contribution is 5.28. The molecule has 2 spiro atoms. The third-order valence-electron chi connectivity index (χ3n) is 14.0. The van der Waals surface area contributed by atoms with E-state index in [9.17, 15) is 0 Å². The predicted octanol–water partition coefficient (Wildman–Crippen LogP) is 7.38. The molecule has 2 saturated carbocycles. The Balaban J connectivity index is 0.984. The number of hydrogen-bond donors (Lipinski definition) is 0. The average Bonchev–Trinajstić information content (AvgIpc) is 3.36. The van der Waals surface area contributed by atoms with E-state index in [2.05, 4.69) is 40.9 Å². The van der Waals surface area contributed by atoms with Gasteiger partial charge in [-0.1, -0.05) is 40.9 Å². The standard InChI is InChI=1S/C36H54O8/c1-19-9-11-27-23(5)29(37-31-35(27)25(19)13-15-33(7,39-31)41-43-35)17-21(3)22(4)18-30-24(6)28-12-10-20(2)26-14-16-34(8)40-32(38-30)36(26,28)44-42-34/h19-20,23-32H,3-4,9-18H2,1-2,5-8H3/t19-,20-,23-,24-,25+,26+,27+,28+,29-,30-,31-,32-,33?,34?,35-,36-/m1/s1. The molecule has 16 atom stereocenters. The molecular formula is C36H54O8. The summed E-state index contributed by atoms with van der Waals surface area (Å²) in [5.74, 6) is 1.47. The van der Waals surface area contributed by atoms with Crippen LogP contribution < -0.4 is 0 Å². The molecule has 8 heteroatoms. The minimum atomic E-state index is -0.768. The first-order valence-corrected chi connectivity index (χ1v) is 17.7. The lowest BCUT2D eigenvalue weighted by molar-refractivity contribution is -0.571. The van der Waals surface area contributed by atoms with E-state index in [1.807, 2.05) is 13.8 Å². The van der Waals surface area contributed by atoms with Crippen LogP contribution in [0.3, 0.4) is 0 Å². The molecule has 0 radical (unpaired) electrons. The molecule has 10 rings (SSSR count). The molecular weight excluding hydrogens is 560 g/mol. The van der Waals surface area contributed by atoms with Crippen molar-refractivity contribution in [2.45, 2.75) is 153 Å². The molecule has 246 valence electrons. The van der Waals surface area contributed by atoms with Gasteiger partial charge in [-0.25, -0.2) is 19.6 Å². The zero-order chi connectivity index (χ0) is 30.8. The summed E-state index contributed by atoms with van der Waals surface area (Å²) in [6.07, 6.45) is 8.81. The summed E-state index contributed by atoms with van der Waals surface area (Å²) >= 11 is 0. The molecule has 44 heavy (non-hydrogen) atoms. The number of fused-ring (bicyclic) bond motifs is 4. The molecule has 8 nitrogen and oxygen atoms in total. The fourth-order valence-electron chi connectivity index (χ4n) is 11.2. The quantitative estimate of drug-likeness (QED) is 0.235. The summed E-state index contributed by atoms with van der Waals surface area (Å²) in [6.45, 7) is 22.4. The van der Waals surface area contributed by atoms with Gasteiger partial charge in [-0.05, 0) is 112 Å². The van der Waals surface area contributed by atoms with Gasteiger partial charge in [-0.3, -0.25) is 0 Å². The van der Waals surface area contributed by atoms with Gasteiger partial charge in [0.15, 0.2) is 23.8 Å². The Morgan fingerprint density at radius 2 is 0.977 bits per heavy atom. The van der Waals surface area contributed by atoms with Gasteiger partial charge < -0.3 is 18.9 Å². The van der Waals surface area contributed by atoms with Crippen LogP contribution in [0.5, 0.6) is 0 Å². The fraction of sp³-hybridized carbons (Fsp3) is 0.889. The maximum atomic E-state index is 6.87. The second-order valence-corrected chi connectivity index (χ2v) is 16.5. The Labute approximate surface area is 263 Å². The molecule has 0 aromatic carbocycles. The summed E-state index contributed by atoms with van der Waals surface area (Å²) < 4.78 is 26.9. The predicted molar refractivity (Wildman–Crippen MR) is 161 cm³/mol. The van der Waals surface area contributed by atoms with Crippen molar-refractivity contribution >= 4 is 0 Å². The lowest BCUT2D eigenvalue weighted by atomic mass is 9.57. The normalized spacial score (nSPS) is 57.5. The van der Waals surface area contributed by atoms with Crippen molar-refractivity contribution in [2.24, 2.45) is 47.3 Å². The second-order valence-electron chi connectivity index (χ2n) is 16.5. The van der Waals surface area contributed by atoms with Crippen molar-refractivity contribution in [3.63, 3.8) is 0 Å². The molecule has 8 saturated heterocycles. The van der Waals surface area contributed by atoms with Crippen LogP contribution >= 0.6 is 0 Å². The monoisotopic (exact) mass is 614 g/mol. The largest absolute Gasteiger partial charge is 0.346 e. The van der Waals surface area contributed by atoms with E-state index in [4.69, 9.17) is 38.5 Å². The molecule has 0 N–H and O–H groups in total. The maximum Gasteiger partial charge on any atom is 0.201 e. The number of ether oxygens (including phenoxy) is 4. The van der Waals surface area contributed by atoms with Crippen molar-refractivity contribution in [2.75, 3.05) is 0 Å². The molecule has 2 aliphatic carbocycles. The van der Waals surface area contributed by atoms with E-state index in [0.717, 1.165) is 49.7 Å². The Hall–Kier alpha value is -0.840. The Morgan fingerprint density at radius 3 is 1.39 bits per heavy atom. The van der Waals surface area contributed by atoms with Gasteiger partial charge in [0.2, 0.25) is 11.6 Å². The molecule has 10 fully saturated rings. The molecule has 10 aliphatic rings. The van der Waals surface area contributed by atoms with Crippen molar-refractivity contribution < 1.29 is 38.5 Å². The van der Waals surface area contributed by atoms with Crippen LogP contribution in [0.25, 0.3) is 0 Å². The smallest absolute Gasteiger partial charge is 0.201 e. The number of hydrogen-bond acceptors (Lipinski definition) is 8. The van der Waals surface area contributed by atoms with Gasteiger partial charge >= 0.3 is 0 Å². The topological polar surface area (TPSA) is 73.8 Å². The van der Waals surface area contributed by atoms with Crippen molar-refractivity contribution in [1.82, 2.24) is 0 Å². The van der Waals surface area contributed by atoms with Crippen molar-refractivity contribution in [3.05, 3.63) is 24.3 Å². The molecule has 8 heterocycles. The molecule has 0 aromatic heterocycles. The zero-order valence-electron chi connectivity index (χ0n) is 27.7. The van der Waals surface area contributed by atoms with Crippen LogP contribution in [0.4, 0.5) is 0 Å². The summed E-state index contributed by atoms with van der Waals surface area (Å²) in [4.78, 5) is 24.7. The first-order chi connectivity index (χ1) is 20.9. The van der Waals surface area contributed by atoms with Gasteiger partial charge in [0.25, 0.3) is 0 Å². The third-order valence-corrected chi connectivity index (χ3v) is 14.0. The Bertz CT molecular complexity index is 1100. The first-order valence-electron chi connectivity index (χ1n) is 17.7. The van der Waals surface area contributed by atoms with E-state index in [1.54, 1.807) is 0 Å². The highest BCUT2D eigenvalue weighted by atomic mass is 17.3. The minimum absolute atomic E-state index is 0.0274. The Morgan fingerprint density at radius 1 is 0.568 bits per heavy atom. The van der Waals surface area contributed by atoms with Crippen LogP contribution in [-0.2, 0) is 38.5 Å². The van der Waals surface area contributed by atoms with Crippen LogP contribution in [0.2, 0.25) is 0 Å². The fourth-order valence-corrected chi connectivity index (χ4v) is 11.2. The zero-order valence-corrected chi connectivity index (χ0v) is 27.7. The molecule has 0 aromatic rings. The maximum absolute atomic E-state index is 6.87. The van der Waals surface area contributed by atoms with Gasteiger partial charge in [0, 0.05) is 24.7 Å². The van der Waals surface area contributed by atoms with E-state index in [1.165, 1.54) is 12.8 Å². The van der Waals surface area contributed by atoms with Crippen LogP contribution in [0, 0.1) is 47.3 Å².